The van der Waals surface area contributed by atoms with Crippen LogP contribution in [-0.2, 0) is 4.79 Å². The van der Waals surface area contributed by atoms with Crippen molar-refractivity contribution in [3.63, 3.8) is 0 Å². The number of carbonyl (C=O) groups is 1. The Morgan fingerprint density at radius 3 is 2.12 bits per heavy atom. The lowest BCUT2D eigenvalue weighted by Crippen LogP contribution is -2.20. The summed E-state index contributed by atoms with van der Waals surface area (Å²) in [6.07, 6.45) is 0. The summed E-state index contributed by atoms with van der Waals surface area (Å²) < 4.78 is 21.2. The van der Waals surface area contributed by atoms with Gasteiger partial charge in [-0.2, -0.15) is 0 Å². The lowest BCUT2D eigenvalue weighted by Gasteiger charge is -2.11. The van der Waals surface area contributed by atoms with Crippen LogP contribution in [0.3, 0.4) is 0 Å². The van der Waals surface area contributed by atoms with E-state index >= 15 is 0 Å². The quantitative estimate of drug-likeness (QED) is 0.805. The molecule has 0 radical (unpaired) electrons. The summed E-state index contributed by atoms with van der Waals surface area (Å²) >= 11 is 0. The van der Waals surface area contributed by atoms with Crippen LogP contribution in [0.4, 0.5) is 5.69 Å². The summed E-state index contributed by atoms with van der Waals surface area (Å²) in [5.74, 6) is 2.24. The van der Waals surface area contributed by atoms with Gasteiger partial charge in [-0.3, -0.25) is 4.79 Å². The molecule has 0 saturated carbocycles. The third-order valence-corrected chi connectivity index (χ3v) is 3.17. The fraction of sp³-hybridized carbons (Fsp3) is 0.278. The molecule has 0 fully saturated rings. The Morgan fingerprint density at radius 2 is 1.54 bits per heavy atom. The Hall–Kier alpha value is -2.89. The molecule has 0 aromatic heterocycles. The number of benzene rings is 2. The molecule has 128 valence electrons. The van der Waals surface area contributed by atoms with E-state index in [9.17, 15) is 4.79 Å². The molecule has 0 heterocycles. The van der Waals surface area contributed by atoms with Gasteiger partial charge in [0.2, 0.25) is 0 Å². The first kappa shape index (κ1) is 17.5. The first-order valence-corrected chi connectivity index (χ1v) is 7.53. The zero-order valence-corrected chi connectivity index (χ0v) is 14.0. The van der Waals surface area contributed by atoms with Crippen molar-refractivity contribution in [1.29, 1.82) is 0 Å². The van der Waals surface area contributed by atoms with Crippen LogP contribution in [0.15, 0.2) is 42.5 Å². The van der Waals surface area contributed by atoms with Crippen molar-refractivity contribution >= 4 is 11.6 Å². The normalized spacial score (nSPS) is 9.96. The maximum Gasteiger partial charge on any atom is 0.262 e. The lowest BCUT2D eigenvalue weighted by atomic mass is 10.2. The van der Waals surface area contributed by atoms with Crippen molar-refractivity contribution in [2.75, 3.05) is 32.8 Å². The van der Waals surface area contributed by atoms with E-state index in [1.165, 1.54) is 0 Å². The minimum Gasteiger partial charge on any atom is -0.494 e. The molecule has 2 aromatic rings. The molecule has 0 saturated heterocycles. The summed E-state index contributed by atoms with van der Waals surface area (Å²) in [5, 5.41) is 2.75. The van der Waals surface area contributed by atoms with Crippen molar-refractivity contribution in [2.24, 2.45) is 0 Å². The minimum atomic E-state index is -0.267. The third-order valence-electron chi connectivity index (χ3n) is 3.17. The molecule has 1 N–H and O–H groups in total. The van der Waals surface area contributed by atoms with E-state index in [0.717, 1.165) is 5.75 Å². The van der Waals surface area contributed by atoms with Gasteiger partial charge < -0.3 is 24.3 Å². The molecular formula is C18H21NO5. The van der Waals surface area contributed by atoms with Crippen molar-refractivity contribution < 1.29 is 23.7 Å². The Kier molecular flexibility index (Phi) is 6.31. The molecule has 6 nitrogen and oxygen atoms in total. The minimum absolute atomic E-state index is 0.0949. The van der Waals surface area contributed by atoms with Gasteiger partial charge in [-0.15, -0.1) is 0 Å². The molecular weight excluding hydrogens is 310 g/mol. The second-order valence-corrected chi connectivity index (χ2v) is 4.81. The fourth-order valence-electron chi connectivity index (χ4n) is 2.06. The van der Waals surface area contributed by atoms with Crippen molar-refractivity contribution in [1.82, 2.24) is 0 Å². The predicted octanol–water partition coefficient (Wildman–Crippen LogP) is 3.12. The number of hydrogen-bond donors (Lipinski definition) is 1. The van der Waals surface area contributed by atoms with E-state index < -0.39 is 0 Å². The van der Waals surface area contributed by atoms with Crippen LogP contribution in [0.1, 0.15) is 6.92 Å². The Bertz CT molecular complexity index is 670. The summed E-state index contributed by atoms with van der Waals surface area (Å²) in [6.45, 7) is 2.43. The average Bonchev–Trinajstić information content (AvgIpc) is 2.61. The Labute approximate surface area is 141 Å². The summed E-state index contributed by atoms with van der Waals surface area (Å²) in [4.78, 5) is 12.0. The van der Waals surface area contributed by atoms with Crippen LogP contribution in [-0.4, -0.2) is 33.3 Å². The molecule has 0 aliphatic heterocycles. The maximum absolute atomic E-state index is 12.0. The SMILES string of the molecule is CCOc1ccc(OCC(=O)Nc2ccc(OC)c(OC)c2)cc1. The number of rotatable bonds is 8. The van der Waals surface area contributed by atoms with Crippen LogP contribution in [0.5, 0.6) is 23.0 Å². The number of ether oxygens (including phenoxy) is 4. The zero-order valence-electron chi connectivity index (χ0n) is 14.0. The van der Waals surface area contributed by atoms with Crippen molar-refractivity contribution in [3.05, 3.63) is 42.5 Å². The highest BCUT2D eigenvalue weighted by molar-refractivity contribution is 5.92. The average molecular weight is 331 g/mol. The number of carbonyl (C=O) groups excluding carboxylic acids is 1. The van der Waals surface area contributed by atoms with Crippen LogP contribution in [0.2, 0.25) is 0 Å². The first-order chi connectivity index (χ1) is 11.7. The second kappa shape index (κ2) is 8.67. The third kappa shape index (κ3) is 4.81. The van der Waals surface area contributed by atoms with Crippen LogP contribution in [0, 0.1) is 0 Å². The summed E-state index contributed by atoms with van der Waals surface area (Å²) in [7, 11) is 3.10. The van der Waals surface area contributed by atoms with E-state index in [4.69, 9.17) is 18.9 Å². The highest BCUT2D eigenvalue weighted by atomic mass is 16.5. The summed E-state index contributed by atoms with van der Waals surface area (Å²) in [6, 6.07) is 12.3. The monoisotopic (exact) mass is 331 g/mol. The smallest absolute Gasteiger partial charge is 0.262 e. The van der Waals surface area contributed by atoms with Gasteiger partial charge in [-0.1, -0.05) is 0 Å². The molecule has 2 rings (SSSR count). The van der Waals surface area contributed by atoms with Gasteiger partial charge in [-0.05, 0) is 43.3 Å². The van der Waals surface area contributed by atoms with Gasteiger partial charge in [0.25, 0.3) is 5.91 Å². The fourth-order valence-corrected chi connectivity index (χ4v) is 2.06. The van der Waals surface area contributed by atoms with Gasteiger partial charge in [0.05, 0.1) is 20.8 Å². The molecule has 0 unspecified atom stereocenters. The van der Waals surface area contributed by atoms with E-state index in [2.05, 4.69) is 5.32 Å². The maximum atomic E-state index is 12.0. The number of methoxy groups -OCH3 is 2. The highest BCUT2D eigenvalue weighted by Crippen LogP contribution is 2.29. The van der Waals surface area contributed by atoms with Gasteiger partial charge in [0.1, 0.15) is 11.5 Å². The molecule has 0 aliphatic carbocycles. The largest absolute Gasteiger partial charge is 0.494 e. The zero-order chi connectivity index (χ0) is 17.4. The highest BCUT2D eigenvalue weighted by Gasteiger charge is 2.08. The molecule has 0 spiro atoms. The van der Waals surface area contributed by atoms with Crippen LogP contribution in [0.25, 0.3) is 0 Å². The number of amides is 1. The van der Waals surface area contributed by atoms with E-state index in [1.807, 2.05) is 6.92 Å². The standard InChI is InChI=1S/C18H21NO5/c1-4-23-14-6-8-15(9-7-14)24-12-18(20)19-13-5-10-16(21-2)17(11-13)22-3/h5-11H,4,12H2,1-3H3,(H,19,20). The van der Waals surface area contributed by atoms with E-state index in [1.54, 1.807) is 56.7 Å². The van der Waals surface area contributed by atoms with Crippen LogP contribution < -0.4 is 24.3 Å². The second-order valence-electron chi connectivity index (χ2n) is 4.81. The van der Waals surface area contributed by atoms with Crippen LogP contribution >= 0.6 is 0 Å². The molecule has 1 amide bonds. The number of hydrogen-bond acceptors (Lipinski definition) is 5. The van der Waals surface area contributed by atoms with Gasteiger partial charge >= 0.3 is 0 Å². The molecule has 0 aliphatic rings. The Balaban J connectivity index is 1.89. The number of nitrogens with one attached hydrogen (secondary N) is 1. The molecule has 0 atom stereocenters. The van der Waals surface area contributed by atoms with Crippen molar-refractivity contribution in [2.45, 2.75) is 6.92 Å². The van der Waals surface area contributed by atoms with E-state index in [0.29, 0.717) is 29.5 Å². The van der Waals surface area contributed by atoms with Gasteiger partial charge in [0.15, 0.2) is 18.1 Å². The predicted molar refractivity (Wildman–Crippen MR) is 91.3 cm³/mol. The molecule has 0 bridgehead atoms. The summed E-state index contributed by atoms with van der Waals surface area (Å²) in [5.41, 5.74) is 0.605. The molecule has 2 aromatic carbocycles. The van der Waals surface area contributed by atoms with E-state index in [-0.39, 0.29) is 12.5 Å². The molecule has 24 heavy (non-hydrogen) atoms. The number of anilines is 1. The van der Waals surface area contributed by atoms with Gasteiger partial charge in [0, 0.05) is 11.8 Å². The topological polar surface area (TPSA) is 66.0 Å². The Morgan fingerprint density at radius 1 is 0.917 bits per heavy atom. The first-order valence-electron chi connectivity index (χ1n) is 7.53. The lowest BCUT2D eigenvalue weighted by molar-refractivity contribution is -0.118. The van der Waals surface area contributed by atoms with Crippen molar-refractivity contribution in [3.8, 4) is 23.0 Å². The van der Waals surface area contributed by atoms with Gasteiger partial charge in [-0.25, -0.2) is 0 Å². The molecule has 6 heteroatoms.